The van der Waals surface area contributed by atoms with Crippen molar-refractivity contribution in [2.45, 2.75) is 6.92 Å². The van der Waals surface area contributed by atoms with Crippen molar-refractivity contribution in [2.24, 2.45) is 0 Å². The minimum Gasteiger partial charge on any atom is -0.479 e. The normalized spacial score (nSPS) is 10.0. The summed E-state index contributed by atoms with van der Waals surface area (Å²) in [5, 5.41) is 0. The molecule has 2 rings (SSSR count). The van der Waals surface area contributed by atoms with Gasteiger partial charge in [0, 0.05) is 0 Å². The summed E-state index contributed by atoms with van der Waals surface area (Å²) >= 11 is 0. The zero-order chi connectivity index (χ0) is 12.3. The van der Waals surface area contributed by atoms with Gasteiger partial charge in [0.1, 0.15) is 12.1 Å². The number of para-hydroxylation sites is 1. The van der Waals surface area contributed by atoms with Gasteiger partial charge in [-0.2, -0.15) is 9.97 Å². The van der Waals surface area contributed by atoms with E-state index in [1.807, 2.05) is 31.2 Å². The third-order valence-corrected chi connectivity index (χ3v) is 2.30. The molecule has 1 heterocycles. The van der Waals surface area contributed by atoms with Gasteiger partial charge >= 0.3 is 0 Å². The molecular formula is C12H13N3O2. The van der Waals surface area contributed by atoms with E-state index in [4.69, 9.17) is 15.2 Å². The Morgan fingerprint density at radius 3 is 2.53 bits per heavy atom. The summed E-state index contributed by atoms with van der Waals surface area (Å²) in [6.07, 6.45) is 1.35. The first kappa shape index (κ1) is 11.2. The number of nitrogen functional groups attached to an aromatic ring is 1. The van der Waals surface area contributed by atoms with E-state index in [9.17, 15) is 0 Å². The number of hydrogen-bond acceptors (Lipinski definition) is 5. The molecule has 0 aliphatic rings. The van der Waals surface area contributed by atoms with Crippen molar-refractivity contribution >= 4 is 5.69 Å². The highest BCUT2D eigenvalue weighted by molar-refractivity contribution is 5.57. The molecule has 88 valence electrons. The number of anilines is 1. The summed E-state index contributed by atoms with van der Waals surface area (Å²) in [7, 11) is 1.50. The molecule has 5 heteroatoms. The molecule has 2 aromatic rings. The Kier molecular flexibility index (Phi) is 3.09. The second kappa shape index (κ2) is 4.69. The average Bonchev–Trinajstić information content (AvgIpc) is 2.34. The van der Waals surface area contributed by atoms with Gasteiger partial charge in [0.05, 0.1) is 7.11 Å². The number of benzene rings is 1. The second-order valence-corrected chi connectivity index (χ2v) is 3.47. The van der Waals surface area contributed by atoms with Crippen molar-refractivity contribution in [2.75, 3.05) is 12.8 Å². The average molecular weight is 231 g/mol. The van der Waals surface area contributed by atoms with Crippen LogP contribution in [0, 0.1) is 6.92 Å². The Balaban J connectivity index is 2.34. The summed E-state index contributed by atoms with van der Waals surface area (Å²) in [5.41, 5.74) is 7.11. The van der Waals surface area contributed by atoms with Crippen LogP contribution in [0.2, 0.25) is 0 Å². The van der Waals surface area contributed by atoms with Gasteiger partial charge in [0.15, 0.2) is 5.69 Å². The molecule has 0 bridgehead atoms. The standard InChI is InChI=1S/C12H13N3O2/c1-8-5-3-4-6-9(8)17-12-10(13)11(16-2)14-7-15-12/h3-7H,13H2,1-2H3. The van der Waals surface area contributed by atoms with E-state index in [2.05, 4.69) is 9.97 Å². The van der Waals surface area contributed by atoms with Gasteiger partial charge in [-0.05, 0) is 18.6 Å². The summed E-state index contributed by atoms with van der Waals surface area (Å²) in [5.74, 6) is 1.31. The van der Waals surface area contributed by atoms with Gasteiger partial charge in [-0.1, -0.05) is 18.2 Å². The van der Waals surface area contributed by atoms with Crippen LogP contribution in [0.5, 0.6) is 17.5 Å². The number of hydrogen-bond donors (Lipinski definition) is 1. The van der Waals surface area contributed by atoms with Crippen LogP contribution in [0.4, 0.5) is 5.69 Å². The predicted octanol–water partition coefficient (Wildman–Crippen LogP) is 2.17. The lowest BCUT2D eigenvalue weighted by Crippen LogP contribution is -2.00. The summed E-state index contributed by atoms with van der Waals surface area (Å²) in [4.78, 5) is 7.87. The van der Waals surface area contributed by atoms with Crippen LogP contribution in [0.1, 0.15) is 5.56 Å². The molecule has 0 atom stereocenters. The molecule has 0 aliphatic carbocycles. The first-order valence-corrected chi connectivity index (χ1v) is 5.10. The Bertz CT molecular complexity index is 529. The van der Waals surface area contributed by atoms with Gasteiger partial charge in [-0.15, -0.1) is 0 Å². The van der Waals surface area contributed by atoms with Gasteiger partial charge in [0.2, 0.25) is 11.8 Å². The summed E-state index contributed by atoms with van der Waals surface area (Å²) in [6.45, 7) is 1.95. The minimum atomic E-state index is 0.290. The van der Waals surface area contributed by atoms with Crippen molar-refractivity contribution in [1.82, 2.24) is 9.97 Å². The fraction of sp³-hybridized carbons (Fsp3) is 0.167. The zero-order valence-electron chi connectivity index (χ0n) is 9.68. The van der Waals surface area contributed by atoms with Crippen LogP contribution in [0.15, 0.2) is 30.6 Å². The number of nitrogens with two attached hydrogens (primary N) is 1. The largest absolute Gasteiger partial charge is 0.479 e. The fourth-order valence-corrected chi connectivity index (χ4v) is 1.38. The molecule has 1 aromatic heterocycles. The summed E-state index contributed by atoms with van der Waals surface area (Å²) in [6, 6.07) is 7.62. The van der Waals surface area contributed by atoms with Crippen molar-refractivity contribution < 1.29 is 9.47 Å². The number of methoxy groups -OCH3 is 1. The van der Waals surface area contributed by atoms with Crippen LogP contribution >= 0.6 is 0 Å². The first-order chi connectivity index (χ1) is 8.22. The lowest BCUT2D eigenvalue weighted by atomic mass is 10.2. The van der Waals surface area contributed by atoms with Crippen molar-refractivity contribution in [1.29, 1.82) is 0 Å². The maximum Gasteiger partial charge on any atom is 0.249 e. The number of ether oxygens (including phenoxy) is 2. The molecule has 0 saturated carbocycles. The van der Waals surface area contributed by atoms with E-state index >= 15 is 0 Å². The Hall–Kier alpha value is -2.30. The van der Waals surface area contributed by atoms with Crippen molar-refractivity contribution in [3.8, 4) is 17.5 Å². The molecule has 1 aromatic carbocycles. The molecule has 0 fully saturated rings. The van der Waals surface area contributed by atoms with Crippen LogP contribution in [0.25, 0.3) is 0 Å². The highest BCUT2D eigenvalue weighted by Gasteiger charge is 2.11. The molecule has 2 N–H and O–H groups in total. The highest BCUT2D eigenvalue weighted by atomic mass is 16.5. The smallest absolute Gasteiger partial charge is 0.249 e. The van der Waals surface area contributed by atoms with Crippen LogP contribution < -0.4 is 15.2 Å². The highest BCUT2D eigenvalue weighted by Crippen LogP contribution is 2.31. The number of aromatic nitrogens is 2. The molecule has 0 saturated heterocycles. The Morgan fingerprint density at radius 2 is 1.82 bits per heavy atom. The van der Waals surface area contributed by atoms with Crippen molar-refractivity contribution in [3.63, 3.8) is 0 Å². The molecular weight excluding hydrogens is 218 g/mol. The predicted molar refractivity (Wildman–Crippen MR) is 64.2 cm³/mol. The summed E-state index contributed by atoms with van der Waals surface area (Å²) < 4.78 is 10.6. The van der Waals surface area contributed by atoms with Gasteiger partial charge in [-0.25, -0.2) is 0 Å². The SMILES string of the molecule is COc1ncnc(Oc2ccccc2C)c1N. The number of nitrogens with zero attached hydrogens (tertiary/aromatic N) is 2. The van der Waals surface area contributed by atoms with Crippen LogP contribution in [-0.2, 0) is 0 Å². The van der Waals surface area contributed by atoms with E-state index in [1.54, 1.807) is 0 Å². The van der Waals surface area contributed by atoms with E-state index in [0.717, 1.165) is 5.56 Å². The minimum absolute atomic E-state index is 0.290. The van der Waals surface area contributed by atoms with Crippen LogP contribution in [0.3, 0.4) is 0 Å². The maximum atomic E-state index is 5.82. The Morgan fingerprint density at radius 1 is 1.12 bits per heavy atom. The third-order valence-electron chi connectivity index (χ3n) is 2.30. The van der Waals surface area contributed by atoms with Crippen LogP contribution in [-0.4, -0.2) is 17.1 Å². The van der Waals surface area contributed by atoms with E-state index in [1.165, 1.54) is 13.4 Å². The molecule has 0 spiro atoms. The fourth-order valence-electron chi connectivity index (χ4n) is 1.38. The maximum absolute atomic E-state index is 5.82. The Labute approximate surface area is 99.2 Å². The first-order valence-electron chi connectivity index (χ1n) is 5.10. The van der Waals surface area contributed by atoms with E-state index in [0.29, 0.717) is 23.2 Å². The third kappa shape index (κ3) is 2.28. The van der Waals surface area contributed by atoms with Crippen molar-refractivity contribution in [3.05, 3.63) is 36.2 Å². The molecule has 0 unspecified atom stereocenters. The van der Waals surface area contributed by atoms with Gasteiger partial charge in [-0.3, -0.25) is 0 Å². The molecule has 0 radical (unpaired) electrons. The van der Waals surface area contributed by atoms with Gasteiger partial charge < -0.3 is 15.2 Å². The lowest BCUT2D eigenvalue weighted by Gasteiger charge is -2.10. The second-order valence-electron chi connectivity index (χ2n) is 3.47. The zero-order valence-corrected chi connectivity index (χ0v) is 9.68. The molecule has 0 amide bonds. The number of rotatable bonds is 3. The molecule has 5 nitrogen and oxygen atoms in total. The van der Waals surface area contributed by atoms with E-state index < -0.39 is 0 Å². The molecule has 0 aliphatic heterocycles. The monoisotopic (exact) mass is 231 g/mol. The van der Waals surface area contributed by atoms with E-state index in [-0.39, 0.29) is 0 Å². The van der Waals surface area contributed by atoms with Gasteiger partial charge in [0.25, 0.3) is 0 Å². The lowest BCUT2D eigenvalue weighted by molar-refractivity contribution is 0.391. The topological polar surface area (TPSA) is 70.3 Å². The molecule has 17 heavy (non-hydrogen) atoms. The number of aryl methyl sites for hydroxylation is 1. The quantitative estimate of drug-likeness (QED) is 0.876.